The van der Waals surface area contributed by atoms with Gasteiger partial charge in [0.1, 0.15) is 0 Å². The molecule has 140 valence electrons. The number of carbonyl (C=O) groups is 1. The molecule has 2 heterocycles. The number of ketones is 1. The van der Waals surface area contributed by atoms with Crippen LogP contribution in [0.5, 0.6) is 0 Å². The lowest BCUT2D eigenvalue weighted by molar-refractivity contribution is 0.0808. The van der Waals surface area contributed by atoms with E-state index < -0.39 is 0 Å². The molecular weight excluding hydrogens is 346 g/mol. The summed E-state index contributed by atoms with van der Waals surface area (Å²) in [7, 11) is 0. The monoisotopic (exact) mass is 373 g/mol. The Kier molecular flexibility index (Phi) is 6.15. The van der Waals surface area contributed by atoms with Gasteiger partial charge in [0, 0.05) is 42.3 Å². The third-order valence-corrected chi connectivity index (χ3v) is 5.31. The molecule has 0 bridgehead atoms. The smallest absolute Gasteiger partial charge is 0.167 e. The van der Waals surface area contributed by atoms with Crippen molar-refractivity contribution in [3.63, 3.8) is 0 Å². The molecule has 1 aromatic heterocycles. The van der Waals surface area contributed by atoms with Crippen molar-refractivity contribution in [3.8, 4) is 0 Å². The minimum Gasteiger partial charge on any atom is -0.333 e. The second-order valence-electron chi connectivity index (χ2n) is 7.83. The number of aryl methyl sites for hydroxylation is 1. The van der Waals surface area contributed by atoms with Crippen LogP contribution in [0.3, 0.4) is 0 Å². The van der Waals surface area contributed by atoms with Crippen LogP contribution in [0.4, 0.5) is 0 Å². The molecule has 4 nitrogen and oxygen atoms in total. The number of aromatic nitrogens is 2. The average Bonchev–Trinajstić information content (AvgIpc) is 3.00. The van der Waals surface area contributed by atoms with Crippen molar-refractivity contribution >= 4 is 17.4 Å². The van der Waals surface area contributed by atoms with Crippen LogP contribution in [-0.2, 0) is 13.1 Å². The highest BCUT2D eigenvalue weighted by molar-refractivity contribution is 6.30. The van der Waals surface area contributed by atoms with Crippen molar-refractivity contribution in [3.05, 3.63) is 52.6 Å². The number of carbonyl (C=O) groups excluding carboxylic acids is 1. The Morgan fingerprint density at radius 2 is 2.19 bits per heavy atom. The molecule has 1 fully saturated rings. The first kappa shape index (κ1) is 19.1. The van der Waals surface area contributed by atoms with Crippen LogP contribution < -0.4 is 0 Å². The third kappa shape index (κ3) is 4.54. The molecule has 1 aliphatic heterocycles. The molecule has 0 spiro atoms. The summed E-state index contributed by atoms with van der Waals surface area (Å²) in [4.78, 5) is 19.7. The molecule has 1 saturated heterocycles. The normalized spacial score (nSPS) is 18.4. The van der Waals surface area contributed by atoms with Gasteiger partial charge in [-0.15, -0.1) is 0 Å². The molecule has 2 aromatic rings. The largest absolute Gasteiger partial charge is 0.333 e. The molecule has 0 saturated carbocycles. The standard InChI is InChI=1S/C21H28ClN3O/c1-15(2)11-25-14-23-10-19(25)13-24-8-4-5-17(12-24)21(26)20-7-6-18(22)9-16(20)3/h6-7,9-10,14-15,17H,4-5,8,11-13H2,1-3H3/t17-/m1/s1. The fourth-order valence-electron chi connectivity index (χ4n) is 3.80. The van der Waals surface area contributed by atoms with Gasteiger partial charge >= 0.3 is 0 Å². The van der Waals surface area contributed by atoms with Crippen LogP contribution in [0.2, 0.25) is 5.02 Å². The van der Waals surface area contributed by atoms with E-state index in [0.29, 0.717) is 10.9 Å². The molecule has 1 aromatic carbocycles. The Balaban J connectivity index is 1.67. The predicted molar refractivity (Wildman–Crippen MR) is 106 cm³/mol. The van der Waals surface area contributed by atoms with Gasteiger partial charge in [0.15, 0.2) is 5.78 Å². The second kappa shape index (κ2) is 8.36. The molecule has 0 amide bonds. The Labute approximate surface area is 161 Å². The van der Waals surface area contributed by atoms with Crippen molar-refractivity contribution in [1.29, 1.82) is 0 Å². The lowest BCUT2D eigenvalue weighted by atomic mass is 9.88. The molecule has 1 atom stereocenters. The van der Waals surface area contributed by atoms with Gasteiger partial charge in [0.25, 0.3) is 0 Å². The number of piperidine rings is 1. The Hall–Kier alpha value is -1.65. The number of hydrogen-bond donors (Lipinski definition) is 0. The summed E-state index contributed by atoms with van der Waals surface area (Å²) in [5, 5.41) is 0.683. The SMILES string of the molecule is Cc1cc(Cl)ccc1C(=O)[C@@H]1CCCN(Cc2cncn2CC(C)C)C1. The van der Waals surface area contributed by atoms with Gasteiger partial charge < -0.3 is 4.57 Å². The van der Waals surface area contributed by atoms with Crippen LogP contribution in [-0.4, -0.2) is 33.3 Å². The second-order valence-corrected chi connectivity index (χ2v) is 8.27. The summed E-state index contributed by atoms with van der Waals surface area (Å²) < 4.78 is 2.24. The molecule has 5 heteroatoms. The first-order valence-corrected chi connectivity index (χ1v) is 9.83. The lowest BCUT2D eigenvalue weighted by Crippen LogP contribution is -2.38. The zero-order chi connectivity index (χ0) is 18.7. The fraction of sp³-hybridized carbons (Fsp3) is 0.524. The summed E-state index contributed by atoms with van der Waals surface area (Å²) in [5.74, 6) is 0.899. The summed E-state index contributed by atoms with van der Waals surface area (Å²) in [5.41, 5.74) is 3.01. The maximum absolute atomic E-state index is 13.0. The van der Waals surface area contributed by atoms with E-state index in [2.05, 4.69) is 28.3 Å². The number of imidazole rings is 1. The average molecular weight is 374 g/mol. The number of hydrogen-bond acceptors (Lipinski definition) is 3. The minimum atomic E-state index is 0.0603. The molecule has 26 heavy (non-hydrogen) atoms. The van der Waals surface area contributed by atoms with Crippen molar-refractivity contribution < 1.29 is 4.79 Å². The van der Waals surface area contributed by atoms with Crippen molar-refractivity contribution in [2.75, 3.05) is 13.1 Å². The van der Waals surface area contributed by atoms with E-state index in [1.807, 2.05) is 37.6 Å². The van der Waals surface area contributed by atoms with Crippen molar-refractivity contribution in [2.24, 2.45) is 11.8 Å². The maximum atomic E-state index is 13.0. The number of likely N-dealkylation sites (tertiary alicyclic amines) is 1. The molecule has 3 rings (SSSR count). The minimum absolute atomic E-state index is 0.0603. The Morgan fingerprint density at radius 1 is 1.38 bits per heavy atom. The van der Waals surface area contributed by atoms with Crippen LogP contribution in [0, 0.1) is 18.8 Å². The molecule has 0 aliphatic carbocycles. The van der Waals surface area contributed by atoms with Crippen LogP contribution in [0.25, 0.3) is 0 Å². The van der Waals surface area contributed by atoms with Gasteiger partial charge in [0.2, 0.25) is 0 Å². The first-order valence-electron chi connectivity index (χ1n) is 9.45. The molecule has 0 N–H and O–H groups in total. The molecular formula is C21H28ClN3O. The van der Waals surface area contributed by atoms with Crippen molar-refractivity contribution in [2.45, 2.75) is 46.7 Å². The number of benzene rings is 1. The Bertz CT molecular complexity index is 768. The van der Waals surface area contributed by atoms with E-state index in [1.165, 1.54) is 5.69 Å². The fourth-order valence-corrected chi connectivity index (χ4v) is 4.03. The molecule has 0 radical (unpaired) electrons. The van der Waals surface area contributed by atoms with E-state index in [4.69, 9.17) is 11.6 Å². The van der Waals surface area contributed by atoms with E-state index in [1.54, 1.807) is 0 Å². The first-order chi connectivity index (χ1) is 12.4. The van der Waals surface area contributed by atoms with Gasteiger partial charge in [-0.05, 0) is 56.0 Å². The molecule has 0 unspecified atom stereocenters. The van der Waals surface area contributed by atoms with Crippen LogP contribution in [0.15, 0.2) is 30.7 Å². The zero-order valence-corrected chi connectivity index (χ0v) is 16.7. The van der Waals surface area contributed by atoms with Gasteiger partial charge in [0.05, 0.1) is 12.0 Å². The highest BCUT2D eigenvalue weighted by Crippen LogP contribution is 2.25. The van der Waals surface area contributed by atoms with Gasteiger partial charge in [-0.1, -0.05) is 25.4 Å². The van der Waals surface area contributed by atoms with Crippen LogP contribution in [0.1, 0.15) is 48.3 Å². The summed E-state index contributed by atoms with van der Waals surface area (Å²) in [6.07, 6.45) is 5.89. The Morgan fingerprint density at radius 3 is 2.92 bits per heavy atom. The quantitative estimate of drug-likeness (QED) is 0.695. The highest BCUT2D eigenvalue weighted by Gasteiger charge is 2.27. The van der Waals surface area contributed by atoms with Gasteiger partial charge in [-0.25, -0.2) is 4.98 Å². The highest BCUT2D eigenvalue weighted by atomic mass is 35.5. The third-order valence-electron chi connectivity index (χ3n) is 5.08. The van der Waals surface area contributed by atoms with E-state index >= 15 is 0 Å². The summed E-state index contributed by atoms with van der Waals surface area (Å²) in [6, 6.07) is 5.56. The number of rotatable bonds is 6. The van der Waals surface area contributed by atoms with Crippen molar-refractivity contribution in [1.82, 2.24) is 14.5 Å². The number of halogens is 1. The van der Waals surface area contributed by atoms with E-state index in [-0.39, 0.29) is 11.7 Å². The van der Waals surface area contributed by atoms with Gasteiger partial charge in [-0.2, -0.15) is 0 Å². The maximum Gasteiger partial charge on any atom is 0.167 e. The topological polar surface area (TPSA) is 38.1 Å². The van der Waals surface area contributed by atoms with Gasteiger partial charge in [-0.3, -0.25) is 9.69 Å². The predicted octanol–water partition coefficient (Wildman–Crippen LogP) is 4.60. The van der Waals surface area contributed by atoms with E-state index in [9.17, 15) is 4.79 Å². The molecule has 1 aliphatic rings. The summed E-state index contributed by atoms with van der Waals surface area (Å²) in [6.45, 7) is 10.1. The zero-order valence-electron chi connectivity index (χ0n) is 15.9. The van der Waals surface area contributed by atoms with E-state index in [0.717, 1.165) is 50.1 Å². The number of nitrogens with zero attached hydrogens (tertiary/aromatic N) is 3. The number of Topliss-reactive ketones (excluding diaryl/α,β-unsaturated/α-hetero) is 1. The van der Waals surface area contributed by atoms with Crippen LogP contribution >= 0.6 is 11.6 Å². The summed E-state index contributed by atoms with van der Waals surface area (Å²) >= 11 is 6.03. The lowest BCUT2D eigenvalue weighted by Gasteiger charge is -2.32.